The van der Waals surface area contributed by atoms with Crippen molar-refractivity contribution in [2.75, 3.05) is 14.2 Å². The second-order valence-corrected chi connectivity index (χ2v) is 9.27. The molecule has 0 aliphatic heterocycles. The van der Waals surface area contributed by atoms with Crippen molar-refractivity contribution in [2.24, 2.45) is 0 Å². The lowest BCUT2D eigenvalue weighted by atomic mass is 10.2. The van der Waals surface area contributed by atoms with Crippen molar-refractivity contribution in [3.05, 3.63) is 52.7 Å². The van der Waals surface area contributed by atoms with E-state index >= 15 is 0 Å². The van der Waals surface area contributed by atoms with Crippen LogP contribution in [-0.4, -0.2) is 44.0 Å². The maximum Gasteiger partial charge on any atom is 0.266 e. The third-order valence-electron chi connectivity index (χ3n) is 4.91. The fraction of sp³-hybridized carbons (Fsp3) is 0.400. The van der Waals surface area contributed by atoms with Gasteiger partial charge >= 0.3 is 0 Å². The number of pyridine rings is 1. The molecule has 0 radical (unpaired) electrons. The number of hydrogen-bond acceptors (Lipinski definition) is 6. The Hall–Kier alpha value is -2.20. The molecular formula is C20H24ClN3O5S. The third kappa shape index (κ3) is 5.28. The van der Waals surface area contributed by atoms with E-state index in [-0.39, 0.29) is 28.1 Å². The number of amides is 1. The highest BCUT2D eigenvalue weighted by Crippen LogP contribution is 2.26. The number of carbonyl (C=O) groups is 1. The summed E-state index contributed by atoms with van der Waals surface area (Å²) in [7, 11) is -1.52. The third-order valence-corrected chi connectivity index (χ3v) is 7.07. The number of aromatic nitrogens is 1. The Morgan fingerprint density at radius 2 is 2.00 bits per heavy atom. The number of halogens is 1. The van der Waals surface area contributed by atoms with Gasteiger partial charge in [0.05, 0.1) is 12.1 Å². The quantitative estimate of drug-likeness (QED) is 0.616. The number of carbonyl (C=O) groups excluding carboxylic acids is 1. The minimum Gasteiger partial charge on any atom is -0.474 e. The summed E-state index contributed by atoms with van der Waals surface area (Å²) in [4.78, 5) is 21.3. The number of benzene rings is 1. The Labute approximate surface area is 181 Å². The summed E-state index contributed by atoms with van der Waals surface area (Å²) >= 11 is 6.02. The summed E-state index contributed by atoms with van der Waals surface area (Å²) in [5.74, 6) is 0.140. The number of nitrogens with zero attached hydrogens (tertiary/aromatic N) is 2. The van der Waals surface area contributed by atoms with Crippen LogP contribution in [0.25, 0.3) is 0 Å². The van der Waals surface area contributed by atoms with Gasteiger partial charge in [0, 0.05) is 31.4 Å². The fourth-order valence-electron chi connectivity index (χ4n) is 3.13. The van der Waals surface area contributed by atoms with E-state index in [0.29, 0.717) is 10.3 Å². The first-order valence-corrected chi connectivity index (χ1v) is 11.4. The van der Waals surface area contributed by atoms with Crippen LogP contribution in [0.3, 0.4) is 0 Å². The van der Waals surface area contributed by atoms with Crippen LogP contribution in [0, 0.1) is 0 Å². The van der Waals surface area contributed by atoms with Gasteiger partial charge in [0.2, 0.25) is 5.88 Å². The topological polar surface area (TPSA) is 97.8 Å². The molecule has 1 aliphatic rings. The number of sulfonamides is 1. The average molecular weight is 454 g/mol. The highest BCUT2D eigenvalue weighted by molar-refractivity contribution is 7.89. The summed E-state index contributed by atoms with van der Waals surface area (Å²) in [5, 5.41) is 2.74. The molecule has 0 atom stereocenters. The molecule has 1 heterocycles. The molecule has 30 heavy (non-hydrogen) atoms. The summed E-state index contributed by atoms with van der Waals surface area (Å²) in [6.45, 7) is 0.234. The molecular weight excluding hydrogens is 430 g/mol. The number of rotatable bonds is 8. The minimum absolute atomic E-state index is 0.00231. The Bertz CT molecular complexity index is 992. The summed E-state index contributed by atoms with van der Waals surface area (Å²) in [6, 6.07) is 7.67. The van der Waals surface area contributed by atoms with E-state index in [1.54, 1.807) is 12.3 Å². The first kappa shape index (κ1) is 22.5. The van der Waals surface area contributed by atoms with Gasteiger partial charge in [-0.25, -0.2) is 13.4 Å². The lowest BCUT2D eigenvalue weighted by molar-refractivity contribution is -0.0258. The predicted octanol–water partition coefficient (Wildman–Crippen LogP) is 3.17. The van der Waals surface area contributed by atoms with Gasteiger partial charge in [-0.05, 0) is 49.4 Å². The van der Waals surface area contributed by atoms with Gasteiger partial charge in [-0.3, -0.25) is 9.63 Å². The van der Waals surface area contributed by atoms with Crippen molar-refractivity contribution in [3.63, 3.8) is 0 Å². The minimum atomic E-state index is -3.98. The molecule has 1 aliphatic carbocycles. The number of hydroxylamine groups is 1. The van der Waals surface area contributed by atoms with E-state index in [1.807, 2.05) is 6.07 Å². The molecule has 1 fully saturated rings. The van der Waals surface area contributed by atoms with E-state index in [2.05, 4.69) is 10.3 Å². The largest absolute Gasteiger partial charge is 0.474 e. The molecule has 1 aromatic heterocycles. The normalized spacial score (nSPS) is 14.8. The van der Waals surface area contributed by atoms with Crippen LogP contribution in [-0.2, 0) is 21.4 Å². The van der Waals surface area contributed by atoms with E-state index in [4.69, 9.17) is 21.2 Å². The van der Waals surface area contributed by atoms with E-state index in [0.717, 1.165) is 18.4 Å². The molecule has 8 nitrogen and oxygen atoms in total. The smallest absolute Gasteiger partial charge is 0.266 e. The Balaban J connectivity index is 1.64. The lowest BCUT2D eigenvalue weighted by Crippen LogP contribution is -2.27. The molecule has 1 saturated carbocycles. The van der Waals surface area contributed by atoms with Crippen molar-refractivity contribution >= 4 is 27.5 Å². The van der Waals surface area contributed by atoms with Gasteiger partial charge in [-0.15, -0.1) is 0 Å². The average Bonchev–Trinajstić information content (AvgIpc) is 3.25. The zero-order chi connectivity index (χ0) is 21.7. The predicted molar refractivity (Wildman–Crippen MR) is 112 cm³/mol. The number of ether oxygens (including phenoxy) is 1. The van der Waals surface area contributed by atoms with Crippen LogP contribution in [0.15, 0.2) is 41.4 Å². The molecule has 3 rings (SSSR count). The van der Waals surface area contributed by atoms with Crippen molar-refractivity contribution in [1.82, 2.24) is 14.8 Å². The van der Waals surface area contributed by atoms with Crippen LogP contribution in [0.2, 0.25) is 5.02 Å². The van der Waals surface area contributed by atoms with Crippen molar-refractivity contribution in [2.45, 2.75) is 43.2 Å². The molecule has 0 saturated heterocycles. The first-order valence-electron chi connectivity index (χ1n) is 9.53. The zero-order valence-electron chi connectivity index (χ0n) is 16.8. The highest BCUT2D eigenvalue weighted by Gasteiger charge is 2.25. The Morgan fingerprint density at radius 1 is 1.27 bits per heavy atom. The van der Waals surface area contributed by atoms with Gasteiger partial charge in [0.15, 0.2) is 0 Å². The van der Waals surface area contributed by atoms with Crippen LogP contribution in [0.5, 0.6) is 5.88 Å². The standard InChI is InChI=1S/C20H24ClN3O5S/c1-24(28-2)30(26,27)18-11-15(8-9-17(18)21)20(25)23-13-14-7-10-19(22-12-14)29-16-5-3-4-6-16/h7-12,16H,3-6,13H2,1-2H3,(H,23,25). The summed E-state index contributed by atoms with van der Waals surface area (Å²) < 4.78 is 31.4. The zero-order valence-corrected chi connectivity index (χ0v) is 18.4. The molecule has 1 aromatic carbocycles. The van der Waals surface area contributed by atoms with Crippen LogP contribution >= 0.6 is 11.6 Å². The van der Waals surface area contributed by atoms with E-state index in [9.17, 15) is 13.2 Å². The molecule has 1 amide bonds. The second-order valence-electron chi connectivity index (χ2n) is 6.95. The molecule has 10 heteroatoms. The monoisotopic (exact) mass is 453 g/mol. The lowest BCUT2D eigenvalue weighted by Gasteiger charge is -2.16. The number of hydrogen-bond donors (Lipinski definition) is 1. The molecule has 0 spiro atoms. The van der Waals surface area contributed by atoms with Crippen LogP contribution in [0.4, 0.5) is 0 Å². The van der Waals surface area contributed by atoms with Gasteiger partial charge in [-0.2, -0.15) is 0 Å². The maximum atomic E-state index is 12.5. The summed E-state index contributed by atoms with van der Waals surface area (Å²) in [6.07, 6.45) is 6.36. The Morgan fingerprint density at radius 3 is 2.63 bits per heavy atom. The van der Waals surface area contributed by atoms with E-state index in [1.165, 1.54) is 45.2 Å². The van der Waals surface area contributed by atoms with Crippen LogP contribution in [0.1, 0.15) is 41.6 Å². The first-order chi connectivity index (χ1) is 14.3. The van der Waals surface area contributed by atoms with Crippen molar-refractivity contribution in [1.29, 1.82) is 0 Å². The molecule has 0 bridgehead atoms. The van der Waals surface area contributed by atoms with Gasteiger partial charge < -0.3 is 10.1 Å². The van der Waals surface area contributed by atoms with Crippen molar-refractivity contribution in [3.8, 4) is 5.88 Å². The summed E-state index contributed by atoms with van der Waals surface area (Å²) in [5.41, 5.74) is 0.958. The highest BCUT2D eigenvalue weighted by atomic mass is 35.5. The van der Waals surface area contributed by atoms with Gasteiger partial charge in [0.25, 0.3) is 15.9 Å². The molecule has 162 valence electrons. The second kappa shape index (κ2) is 9.74. The SMILES string of the molecule is CON(C)S(=O)(=O)c1cc(C(=O)NCc2ccc(OC3CCCC3)nc2)ccc1Cl. The van der Waals surface area contributed by atoms with Gasteiger partial charge in [-0.1, -0.05) is 22.1 Å². The molecule has 1 N–H and O–H groups in total. The maximum absolute atomic E-state index is 12.5. The van der Waals surface area contributed by atoms with Gasteiger partial charge in [0.1, 0.15) is 11.0 Å². The Kier molecular flexibility index (Phi) is 7.30. The van der Waals surface area contributed by atoms with E-state index < -0.39 is 15.9 Å². The molecule has 2 aromatic rings. The van der Waals surface area contributed by atoms with Crippen molar-refractivity contribution < 1.29 is 22.8 Å². The molecule has 0 unspecified atom stereocenters. The fourth-order valence-corrected chi connectivity index (χ4v) is 4.60. The van der Waals surface area contributed by atoms with Crippen LogP contribution < -0.4 is 10.1 Å². The number of nitrogens with one attached hydrogen (secondary N) is 1.